The van der Waals surface area contributed by atoms with E-state index in [-0.39, 0.29) is 5.92 Å². The second-order valence-electron chi connectivity index (χ2n) is 2.19. The Bertz CT molecular complexity index is 195. The summed E-state index contributed by atoms with van der Waals surface area (Å²) in [5.41, 5.74) is 0. The fourth-order valence-electron chi connectivity index (χ4n) is 0.542. The van der Waals surface area contributed by atoms with E-state index in [0.29, 0.717) is 0 Å². The Morgan fingerprint density at radius 1 is 1.82 bits per heavy atom. The van der Waals surface area contributed by atoms with Crippen LogP contribution in [-0.4, -0.2) is 13.1 Å². The summed E-state index contributed by atoms with van der Waals surface area (Å²) < 4.78 is 4.34. The van der Waals surface area contributed by atoms with Crippen LogP contribution in [0, 0.1) is 17.8 Å². The first-order valence-electron chi connectivity index (χ1n) is 3.41. The molecule has 0 aliphatic carbocycles. The summed E-state index contributed by atoms with van der Waals surface area (Å²) in [7, 11) is 1.31. The van der Waals surface area contributed by atoms with E-state index in [1.165, 1.54) is 7.11 Å². The summed E-state index contributed by atoms with van der Waals surface area (Å²) in [4.78, 5) is 10.5. The van der Waals surface area contributed by atoms with E-state index in [1.54, 1.807) is 6.08 Å². The topological polar surface area (TPSA) is 26.3 Å². The fourth-order valence-corrected chi connectivity index (χ4v) is 0.542. The summed E-state index contributed by atoms with van der Waals surface area (Å²) in [6, 6.07) is 0. The van der Waals surface area contributed by atoms with E-state index in [0.717, 1.165) is 6.42 Å². The SMILES string of the molecule is C=CCC(C)C#CC(=O)OC. The normalized spacial score (nSPS) is 10.7. The Morgan fingerprint density at radius 2 is 2.45 bits per heavy atom. The number of carbonyl (C=O) groups is 1. The highest BCUT2D eigenvalue weighted by Gasteiger charge is 1.93. The van der Waals surface area contributed by atoms with Gasteiger partial charge in [-0.05, 0) is 6.42 Å². The van der Waals surface area contributed by atoms with Crippen molar-refractivity contribution in [1.82, 2.24) is 0 Å². The molecule has 0 aromatic carbocycles. The first-order chi connectivity index (χ1) is 5.20. The van der Waals surface area contributed by atoms with Crippen molar-refractivity contribution in [3.63, 3.8) is 0 Å². The summed E-state index contributed by atoms with van der Waals surface area (Å²) in [5.74, 6) is 4.78. The molecular weight excluding hydrogens is 140 g/mol. The van der Waals surface area contributed by atoms with Crippen LogP contribution in [0.2, 0.25) is 0 Å². The van der Waals surface area contributed by atoms with Crippen LogP contribution >= 0.6 is 0 Å². The molecule has 0 saturated carbocycles. The van der Waals surface area contributed by atoms with Gasteiger partial charge in [0.1, 0.15) is 0 Å². The Balaban J connectivity index is 3.85. The van der Waals surface area contributed by atoms with E-state index in [9.17, 15) is 4.79 Å². The maximum atomic E-state index is 10.5. The monoisotopic (exact) mass is 152 g/mol. The van der Waals surface area contributed by atoms with Crippen molar-refractivity contribution < 1.29 is 9.53 Å². The molecule has 0 aliphatic rings. The van der Waals surface area contributed by atoms with E-state index in [2.05, 4.69) is 23.2 Å². The van der Waals surface area contributed by atoms with Crippen LogP contribution in [-0.2, 0) is 9.53 Å². The van der Waals surface area contributed by atoms with Crippen molar-refractivity contribution in [2.24, 2.45) is 5.92 Å². The van der Waals surface area contributed by atoms with Gasteiger partial charge in [0.15, 0.2) is 0 Å². The maximum absolute atomic E-state index is 10.5. The second kappa shape index (κ2) is 5.55. The summed E-state index contributed by atoms with van der Waals surface area (Å²) in [6.45, 7) is 5.49. The van der Waals surface area contributed by atoms with Crippen LogP contribution in [0.5, 0.6) is 0 Å². The molecule has 0 N–H and O–H groups in total. The Morgan fingerprint density at radius 3 is 2.91 bits per heavy atom. The van der Waals surface area contributed by atoms with Gasteiger partial charge in [-0.2, -0.15) is 0 Å². The molecule has 0 aliphatic heterocycles. The van der Waals surface area contributed by atoms with E-state index < -0.39 is 5.97 Å². The molecule has 0 amide bonds. The number of rotatable bonds is 2. The first-order valence-corrected chi connectivity index (χ1v) is 3.41. The van der Waals surface area contributed by atoms with Crippen LogP contribution in [0.25, 0.3) is 0 Å². The maximum Gasteiger partial charge on any atom is 0.384 e. The molecule has 1 atom stereocenters. The molecule has 0 rings (SSSR count). The fraction of sp³-hybridized carbons (Fsp3) is 0.444. The number of carbonyl (C=O) groups excluding carboxylic acids is 1. The zero-order valence-corrected chi connectivity index (χ0v) is 6.89. The number of hydrogen-bond donors (Lipinski definition) is 0. The number of hydrogen-bond acceptors (Lipinski definition) is 2. The highest BCUT2D eigenvalue weighted by Crippen LogP contribution is 1.98. The molecule has 0 spiro atoms. The Labute approximate surface area is 67.2 Å². The lowest BCUT2D eigenvalue weighted by Gasteiger charge is -1.94. The molecule has 0 saturated heterocycles. The van der Waals surface area contributed by atoms with Crippen LogP contribution in [0.3, 0.4) is 0 Å². The number of allylic oxidation sites excluding steroid dienone is 1. The lowest BCUT2D eigenvalue weighted by Crippen LogP contribution is -1.96. The highest BCUT2D eigenvalue weighted by molar-refractivity contribution is 5.88. The molecule has 2 heteroatoms. The van der Waals surface area contributed by atoms with Gasteiger partial charge in [0.2, 0.25) is 0 Å². The van der Waals surface area contributed by atoms with E-state index >= 15 is 0 Å². The summed E-state index contributed by atoms with van der Waals surface area (Å²) in [6.07, 6.45) is 2.57. The van der Waals surface area contributed by atoms with Gasteiger partial charge in [-0.15, -0.1) is 6.58 Å². The largest absolute Gasteiger partial charge is 0.459 e. The van der Waals surface area contributed by atoms with Crippen molar-refractivity contribution in [2.75, 3.05) is 7.11 Å². The van der Waals surface area contributed by atoms with Crippen LogP contribution < -0.4 is 0 Å². The predicted octanol–water partition coefficient (Wildman–Crippen LogP) is 1.38. The molecule has 2 nitrogen and oxygen atoms in total. The van der Waals surface area contributed by atoms with Crippen molar-refractivity contribution in [2.45, 2.75) is 13.3 Å². The lowest BCUT2D eigenvalue weighted by atomic mass is 10.1. The molecule has 0 aromatic heterocycles. The first kappa shape index (κ1) is 9.77. The third kappa shape index (κ3) is 5.23. The number of methoxy groups -OCH3 is 1. The van der Waals surface area contributed by atoms with Gasteiger partial charge in [-0.1, -0.05) is 18.9 Å². The van der Waals surface area contributed by atoms with Crippen LogP contribution in [0.15, 0.2) is 12.7 Å². The van der Waals surface area contributed by atoms with Gasteiger partial charge in [0.05, 0.1) is 7.11 Å². The third-order valence-corrected chi connectivity index (χ3v) is 1.13. The molecule has 0 heterocycles. The Kier molecular flexibility index (Phi) is 4.93. The Hall–Kier alpha value is -1.23. The van der Waals surface area contributed by atoms with Gasteiger partial charge < -0.3 is 4.74 Å². The molecular formula is C9H12O2. The molecule has 0 radical (unpaired) electrons. The minimum atomic E-state index is -0.485. The van der Waals surface area contributed by atoms with Gasteiger partial charge in [0.25, 0.3) is 0 Å². The van der Waals surface area contributed by atoms with E-state index in [4.69, 9.17) is 0 Å². The number of esters is 1. The van der Waals surface area contributed by atoms with Crippen LogP contribution in [0.1, 0.15) is 13.3 Å². The molecule has 0 aromatic rings. The zero-order chi connectivity index (χ0) is 8.69. The highest BCUT2D eigenvalue weighted by atomic mass is 16.5. The van der Waals surface area contributed by atoms with E-state index in [1.807, 2.05) is 6.92 Å². The summed E-state index contributed by atoms with van der Waals surface area (Å²) in [5, 5.41) is 0. The molecule has 0 fully saturated rings. The average Bonchev–Trinajstić information content (AvgIpc) is 2.01. The third-order valence-electron chi connectivity index (χ3n) is 1.13. The van der Waals surface area contributed by atoms with Crippen molar-refractivity contribution >= 4 is 5.97 Å². The zero-order valence-electron chi connectivity index (χ0n) is 6.89. The quantitative estimate of drug-likeness (QED) is 0.258. The van der Waals surface area contributed by atoms with Gasteiger partial charge in [-0.3, -0.25) is 0 Å². The van der Waals surface area contributed by atoms with Crippen LogP contribution in [0.4, 0.5) is 0 Å². The van der Waals surface area contributed by atoms with Crippen molar-refractivity contribution in [3.8, 4) is 11.8 Å². The lowest BCUT2D eigenvalue weighted by molar-refractivity contribution is -0.133. The summed E-state index contributed by atoms with van der Waals surface area (Å²) >= 11 is 0. The van der Waals surface area contributed by atoms with Gasteiger partial charge in [-0.25, -0.2) is 4.79 Å². The minimum absolute atomic E-state index is 0.173. The molecule has 11 heavy (non-hydrogen) atoms. The average molecular weight is 152 g/mol. The smallest absolute Gasteiger partial charge is 0.384 e. The van der Waals surface area contributed by atoms with Crippen molar-refractivity contribution in [3.05, 3.63) is 12.7 Å². The molecule has 60 valence electrons. The van der Waals surface area contributed by atoms with Crippen molar-refractivity contribution in [1.29, 1.82) is 0 Å². The van der Waals surface area contributed by atoms with Gasteiger partial charge in [0, 0.05) is 11.8 Å². The molecule has 0 bridgehead atoms. The predicted molar refractivity (Wildman–Crippen MR) is 43.8 cm³/mol. The second-order valence-corrected chi connectivity index (χ2v) is 2.19. The minimum Gasteiger partial charge on any atom is -0.459 e. The number of ether oxygens (including phenoxy) is 1. The van der Waals surface area contributed by atoms with Gasteiger partial charge >= 0.3 is 5.97 Å². The molecule has 1 unspecified atom stereocenters. The standard InChI is InChI=1S/C9H12O2/c1-4-5-8(2)6-7-9(10)11-3/h4,8H,1,5H2,2-3H3.